The van der Waals surface area contributed by atoms with Gasteiger partial charge in [-0.2, -0.15) is 10.1 Å². The first-order chi connectivity index (χ1) is 11.7. The van der Waals surface area contributed by atoms with Crippen molar-refractivity contribution in [2.24, 2.45) is 5.10 Å². The zero-order valence-electron chi connectivity index (χ0n) is 13.6. The summed E-state index contributed by atoms with van der Waals surface area (Å²) >= 11 is 0. The van der Waals surface area contributed by atoms with Gasteiger partial charge in [0.15, 0.2) is 0 Å². The molecule has 0 N–H and O–H groups in total. The average Bonchev–Trinajstić information content (AvgIpc) is 2.91. The maximum atomic E-state index is 12.5. The van der Waals surface area contributed by atoms with Gasteiger partial charge in [0.05, 0.1) is 24.1 Å². The molecule has 24 heavy (non-hydrogen) atoms. The first-order valence-electron chi connectivity index (χ1n) is 7.66. The molecule has 4 heteroatoms. The smallest absolute Gasteiger partial charge is 0.280 e. The lowest BCUT2D eigenvalue weighted by molar-refractivity contribution is -0.114. The Morgan fingerprint density at radius 1 is 1.04 bits per heavy atom. The van der Waals surface area contributed by atoms with E-state index in [9.17, 15) is 4.79 Å². The second kappa shape index (κ2) is 6.96. The average molecular weight is 318 g/mol. The molecule has 0 fully saturated rings. The monoisotopic (exact) mass is 318 g/mol. The molecule has 0 bridgehead atoms. The Kier molecular flexibility index (Phi) is 4.57. The summed E-state index contributed by atoms with van der Waals surface area (Å²) in [5.41, 5.74) is 3.11. The van der Waals surface area contributed by atoms with Gasteiger partial charge < -0.3 is 4.74 Å². The van der Waals surface area contributed by atoms with Gasteiger partial charge in [-0.05, 0) is 42.8 Å². The highest BCUT2D eigenvalue weighted by atomic mass is 16.5. The van der Waals surface area contributed by atoms with Crippen LogP contribution in [0.15, 0.2) is 77.4 Å². The summed E-state index contributed by atoms with van der Waals surface area (Å²) in [5, 5.41) is 5.78. The van der Waals surface area contributed by atoms with E-state index in [1.54, 1.807) is 13.2 Å². The van der Waals surface area contributed by atoms with Crippen molar-refractivity contribution >= 4 is 23.4 Å². The summed E-state index contributed by atoms with van der Waals surface area (Å²) in [7, 11) is 1.64. The highest BCUT2D eigenvalue weighted by Crippen LogP contribution is 2.23. The van der Waals surface area contributed by atoms with Crippen LogP contribution in [0.25, 0.3) is 6.08 Å². The Morgan fingerprint density at radius 2 is 1.75 bits per heavy atom. The van der Waals surface area contributed by atoms with Gasteiger partial charge >= 0.3 is 0 Å². The van der Waals surface area contributed by atoms with E-state index in [-0.39, 0.29) is 5.91 Å². The van der Waals surface area contributed by atoms with E-state index in [4.69, 9.17) is 4.74 Å². The number of hydrogen-bond acceptors (Lipinski definition) is 3. The minimum Gasteiger partial charge on any atom is -0.497 e. The van der Waals surface area contributed by atoms with Crippen LogP contribution in [0.5, 0.6) is 5.75 Å². The Bertz CT molecular complexity index is 818. The van der Waals surface area contributed by atoms with Crippen molar-refractivity contribution in [1.82, 2.24) is 0 Å². The maximum absolute atomic E-state index is 12.5. The molecule has 0 aromatic heterocycles. The normalized spacial score (nSPS) is 16.1. The summed E-state index contributed by atoms with van der Waals surface area (Å²) in [4.78, 5) is 12.5. The SMILES string of the molecule is COc1ccc(C=CC=C2C(=O)N(c3ccccc3)N=C2C)cc1. The Hall–Kier alpha value is -3.14. The molecule has 0 spiro atoms. The predicted octanol–water partition coefficient (Wildman–Crippen LogP) is 4.06. The molecule has 120 valence electrons. The molecule has 0 radical (unpaired) electrons. The van der Waals surface area contributed by atoms with Crippen molar-refractivity contribution < 1.29 is 9.53 Å². The van der Waals surface area contributed by atoms with E-state index in [0.29, 0.717) is 11.3 Å². The molecule has 1 aliphatic heterocycles. The number of allylic oxidation sites excluding steroid dienone is 2. The summed E-state index contributed by atoms with van der Waals surface area (Å²) in [5.74, 6) is 0.705. The van der Waals surface area contributed by atoms with Crippen LogP contribution in [0, 0.1) is 0 Å². The fourth-order valence-electron chi connectivity index (χ4n) is 2.42. The number of amides is 1. The molecule has 3 rings (SSSR count). The van der Waals surface area contributed by atoms with Crippen LogP contribution in [0.2, 0.25) is 0 Å². The van der Waals surface area contributed by atoms with Crippen molar-refractivity contribution in [3.8, 4) is 5.75 Å². The third kappa shape index (κ3) is 3.27. The number of hydrazone groups is 1. The van der Waals surface area contributed by atoms with Gasteiger partial charge in [-0.1, -0.05) is 42.5 Å². The third-order valence-electron chi connectivity index (χ3n) is 3.73. The summed E-state index contributed by atoms with van der Waals surface area (Å²) in [6.45, 7) is 1.84. The molecule has 0 saturated carbocycles. The molecule has 0 atom stereocenters. The number of methoxy groups -OCH3 is 1. The van der Waals surface area contributed by atoms with Gasteiger partial charge in [-0.3, -0.25) is 4.79 Å². The molecule has 0 aliphatic carbocycles. The van der Waals surface area contributed by atoms with Crippen LogP contribution >= 0.6 is 0 Å². The van der Waals surface area contributed by atoms with Crippen LogP contribution < -0.4 is 9.75 Å². The number of benzene rings is 2. The largest absolute Gasteiger partial charge is 0.497 e. The molecule has 1 aliphatic rings. The summed E-state index contributed by atoms with van der Waals surface area (Å²) in [6.07, 6.45) is 5.61. The minimum absolute atomic E-state index is 0.113. The number of nitrogens with zero attached hydrogens (tertiary/aromatic N) is 2. The first kappa shape index (κ1) is 15.7. The van der Waals surface area contributed by atoms with Gasteiger partial charge in [-0.15, -0.1) is 0 Å². The number of hydrogen-bond donors (Lipinski definition) is 0. The molecule has 4 nitrogen and oxygen atoms in total. The standard InChI is InChI=1S/C20H18N2O2/c1-15-19(10-6-7-16-11-13-18(24-2)14-12-16)20(23)22(21-15)17-8-4-3-5-9-17/h3-14H,1-2H3. The molecule has 0 saturated heterocycles. The van der Waals surface area contributed by atoms with Crippen molar-refractivity contribution in [3.05, 3.63) is 77.9 Å². The lowest BCUT2D eigenvalue weighted by Crippen LogP contribution is -2.21. The van der Waals surface area contributed by atoms with Crippen molar-refractivity contribution in [1.29, 1.82) is 0 Å². The van der Waals surface area contributed by atoms with E-state index in [1.165, 1.54) is 5.01 Å². The Morgan fingerprint density at radius 3 is 2.42 bits per heavy atom. The number of carbonyl (C=O) groups excluding carboxylic acids is 1. The van der Waals surface area contributed by atoms with E-state index >= 15 is 0 Å². The van der Waals surface area contributed by atoms with Gasteiger partial charge in [0.1, 0.15) is 5.75 Å². The number of para-hydroxylation sites is 1. The molecular formula is C20H18N2O2. The first-order valence-corrected chi connectivity index (χ1v) is 7.66. The summed E-state index contributed by atoms with van der Waals surface area (Å²) < 4.78 is 5.13. The summed E-state index contributed by atoms with van der Waals surface area (Å²) in [6, 6.07) is 17.1. The third-order valence-corrected chi connectivity index (χ3v) is 3.73. The number of ether oxygens (including phenoxy) is 1. The molecular weight excluding hydrogens is 300 g/mol. The Labute approximate surface area is 141 Å². The van der Waals surface area contributed by atoms with Crippen LogP contribution in [-0.4, -0.2) is 18.7 Å². The fraction of sp³-hybridized carbons (Fsp3) is 0.100. The number of anilines is 1. The lowest BCUT2D eigenvalue weighted by atomic mass is 10.1. The van der Waals surface area contributed by atoms with Gasteiger partial charge in [-0.25, -0.2) is 0 Å². The van der Waals surface area contributed by atoms with E-state index in [2.05, 4.69) is 5.10 Å². The van der Waals surface area contributed by atoms with Gasteiger partial charge in [0, 0.05) is 0 Å². The fourth-order valence-corrected chi connectivity index (χ4v) is 2.42. The highest BCUT2D eigenvalue weighted by Gasteiger charge is 2.27. The topological polar surface area (TPSA) is 41.9 Å². The number of rotatable bonds is 4. The molecule has 1 heterocycles. The van der Waals surface area contributed by atoms with E-state index in [0.717, 1.165) is 17.0 Å². The van der Waals surface area contributed by atoms with Crippen LogP contribution in [0.3, 0.4) is 0 Å². The van der Waals surface area contributed by atoms with Crippen molar-refractivity contribution in [3.63, 3.8) is 0 Å². The predicted molar refractivity (Wildman–Crippen MR) is 97.1 cm³/mol. The molecule has 0 unspecified atom stereocenters. The minimum atomic E-state index is -0.113. The lowest BCUT2D eigenvalue weighted by Gasteiger charge is -2.10. The highest BCUT2D eigenvalue weighted by molar-refractivity contribution is 6.29. The van der Waals surface area contributed by atoms with Crippen molar-refractivity contribution in [2.45, 2.75) is 6.92 Å². The van der Waals surface area contributed by atoms with Crippen LogP contribution in [0.1, 0.15) is 12.5 Å². The number of carbonyl (C=O) groups is 1. The van der Waals surface area contributed by atoms with Crippen LogP contribution in [0.4, 0.5) is 5.69 Å². The second-order valence-corrected chi connectivity index (χ2v) is 5.35. The zero-order chi connectivity index (χ0) is 16.9. The quantitative estimate of drug-likeness (QED) is 0.798. The second-order valence-electron chi connectivity index (χ2n) is 5.35. The van der Waals surface area contributed by atoms with Gasteiger partial charge in [0.2, 0.25) is 0 Å². The van der Waals surface area contributed by atoms with Crippen molar-refractivity contribution in [2.75, 3.05) is 12.1 Å². The zero-order valence-corrected chi connectivity index (χ0v) is 13.6. The van der Waals surface area contributed by atoms with Crippen LogP contribution in [-0.2, 0) is 4.79 Å². The van der Waals surface area contributed by atoms with E-state index in [1.807, 2.05) is 73.7 Å². The molecule has 2 aromatic rings. The Balaban J connectivity index is 1.77. The molecule has 1 amide bonds. The molecule has 2 aromatic carbocycles. The maximum Gasteiger partial charge on any atom is 0.280 e. The van der Waals surface area contributed by atoms with Gasteiger partial charge in [0.25, 0.3) is 5.91 Å². The van der Waals surface area contributed by atoms with E-state index < -0.39 is 0 Å².